The zero-order valence-electron chi connectivity index (χ0n) is 20.9. The van der Waals surface area contributed by atoms with Gasteiger partial charge in [0.1, 0.15) is 11.4 Å². The minimum Gasteiger partial charge on any atom is -0.266 e. The van der Waals surface area contributed by atoms with Crippen molar-refractivity contribution in [3.05, 3.63) is 120 Å². The number of hydrogen-bond acceptors (Lipinski definition) is 8. The maximum Gasteiger partial charge on any atom is 0.290 e. The van der Waals surface area contributed by atoms with E-state index in [2.05, 4.69) is 41.0 Å². The second-order valence-electron chi connectivity index (χ2n) is 8.67. The van der Waals surface area contributed by atoms with Crippen LogP contribution in [0.4, 0.5) is 0 Å². The Morgan fingerprint density at radius 3 is 1.57 bits per heavy atom. The van der Waals surface area contributed by atoms with E-state index in [0.29, 0.717) is 5.39 Å². The minimum absolute atomic E-state index is 0.108. The molecule has 2 amide bonds. The highest BCUT2D eigenvalue weighted by Gasteiger charge is 2.12. The van der Waals surface area contributed by atoms with Gasteiger partial charge in [0, 0.05) is 39.7 Å². The number of nitrogens with zero attached hydrogens (tertiary/aromatic N) is 6. The highest BCUT2D eigenvalue weighted by Crippen LogP contribution is 2.16. The third kappa shape index (κ3) is 5.09. The zero-order chi connectivity index (χ0) is 27.3. The van der Waals surface area contributed by atoms with E-state index < -0.39 is 11.8 Å². The molecule has 10 heteroatoms. The monoisotopic (exact) mass is 524 g/mol. The molecule has 0 atom stereocenters. The van der Waals surface area contributed by atoms with Gasteiger partial charge in [0.2, 0.25) is 0 Å². The molecule has 0 unspecified atom stereocenters. The predicted octanol–water partition coefficient (Wildman–Crippen LogP) is 4.25. The summed E-state index contributed by atoms with van der Waals surface area (Å²) in [5.41, 5.74) is 8.72. The van der Waals surface area contributed by atoms with E-state index in [0.717, 1.165) is 32.9 Å². The average Bonchev–Trinajstić information content (AvgIpc) is 3.00. The fourth-order valence-corrected chi connectivity index (χ4v) is 4.15. The molecule has 4 aromatic heterocycles. The van der Waals surface area contributed by atoms with Crippen molar-refractivity contribution in [2.24, 2.45) is 10.2 Å². The first-order chi connectivity index (χ1) is 19.7. The number of para-hydroxylation sites is 2. The van der Waals surface area contributed by atoms with Gasteiger partial charge in [-0.05, 0) is 48.5 Å². The molecular formula is C30H20N8O2. The molecule has 0 fully saturated rings. The number of rotatable bonds is 6. The number of fused-ring (bicyclic) bond motifs is 3. The van der Waals surface area contributed by atoms with Crippen LogP contribution in [0.15, 0.2) is 108 Å². The summed E-state index contributed by atoms with van der Waals surface area (Å²) < 4.78 is 0. The van der Waals surface area contributed by atoms with Crippen LogP contribution in [0.5, 0.6) is 0 Å². The van der Waals surface area contributed by atoms with Crippen molar-refractivity contribution >= 4 is 57.1 Å². The Hall–Kier alpha value is -5.90. The van der Waals surface area contributed by atoms with Crippen molar-refractivity contribution in [1.82, 2.24) is 30.8 Å². The molecule has 0 aliphatic heterocycles. The Kier molecular flexibility index (Phi) is 6.62. The van der Waals surface area contributed by atoms with Gasteiger partial charge < -0.3 is 0 Å². The molecule has 192 valence electrons. The van der Waals surface area contributed by atoms with E-state index in [1.54, 1.807) is 49.1 Å². The van der Waals surface area contributed by atoms with Crippen LogP contribution >= 0.6 is 0 Å². The van der Waals surface area contributed by atoms with E-state index in [-0.39, 0.29) is 17.0 Å². The SMILES string of the molecule is O=C(N/N=C/c1ccnc2ccccc12)c1ccc2ccc(C(=O)N/N=C/c3ccnc4ccccc34)nc2n1. The van der Waals surface area contributed by atoms with Gasteiger partial charge in [-0.15, -0.1) is 0 Å². The first-order valence-electron chi connectivity index (χ1n) is 12.3. The highest BCUT2D eigenvalue weighted by molar-refractivity contribution is 6.01. The summed E-state index contributed by atoms with van der Waals surface area (Å²) in [6.45, 7) is 0. The molecule has 0 saturated carbocycles. The van der Waals surface area contributed by atoms with Gasteiger partial charge >= 0.3 is 0 Å². The van der Waals surface area contributed by atoms with Crippen LogP contribution in [-0.4, -0.2) is 44.2 Å². The summed E-state index contributed by atoms with van der Waals surface area (Å²) in [6.07, 6.45) is 6.47. The number of carbonyl (C=O) groups excluding carboxylic acids is 2. The molecule has 0 saturated heterocycles. The number of benzene rings is 2. The normalized spacial score (nSPS) is 11.5. The van der Waals surface area contributed by atoms with Crippen LogP contribution < -0.4 is 10.9 Å². The van der Waals surface area contributed by atoms with Gasteiger partial charge in [0.15, 0.2) is 5.65 Å². The minimum atomic E-state index is -0.512. The molecule has 6 rings (SSSR count). The summed E-state index contributed by atoms with van der Waals surface area (Å²) >= 11 is 0. The van der Waals surface area contributed by atoms with E-state index in [1.165, 1.54) is 0 Å². The van der Waals surface area contributed by atoms with E-state index in [4.69, 9.17) is 0 Å². The molecule has 4 heterocycles. The quantitative estimate of drug-likeness (QED) is 0.247. The lowest BCUT2D eigenvalue weighted by molar-refractivity contribution is 0.0944. The van der Waals surface area contributed by atoms with E-state index in [9.17, 15) is 9.59 Å². The van der Waals surface area contributed by atoms with Gasteiger partial charge in [-0.1, -0.05) is 36.4 Å². The molecule has 10 nitrogen and oxygen atoms in total. The Balaban J connectivity index is 1.15. The largest absolute Gasteiger partial charge is 0.290 e. The van der Waals surface area contributed by atoms with Crippen LogP contribution in [0.3, 0.4) is 0 Å². The molecule has 0 bridgehead atoms. The first-order valence-corrected chi connectivity index (χ1v) is 12.3. The number of pyridine rings is 4. The van der Waals surface area contributed by atoms with E-state index >= 15 is 0 Å². The molecule has 6 aromatic rings. The lowest BCUT2D eigenvalue weighted by Crippen LogP contribution is -2.20. The molecule has 2 N–H and O–H groups in total. The molecule has 40 heavy (non-hydrogen) atoms. The van der Waals surface area contributed by atoms with Crippen LogP contribution in [0.2, 0.25) is 0 Å². The summed E-state index contributed by atoms with van der Waals surface area (Å²) in [5.74, 6) is -1.02. The maximum absolute atomic E-state index is 12.7. The van der Waals surface area contributed by atoms with Crippen molar-refractivity contribution in [3.63, 3.8) is 0 Å². The van der Waals surface area contributed by atoms with Crippen LogP contribution in [0, 0.1) is 0 Å². The van der Waals surface area contributed by atoms with Gasteiger partial charge in [0.25, 0.3) is 11.8 Å². The molecule has 0 spiro atoms. The fourth-order valence-electron chi connectivity index (χ4n) is 4.15. The number of nitrogens with one attached hydrogen (secondary N) is 2. The second-order valence-corrected chi connectivity index (χ2v) is 8.67. The predicted molar refractivity (Wildman–Crippen MR) is 153 cm³/mol. The molecule has 0 aliphatic carbocycles. The van der Waals surface area contributed by atoms with Gasteiger partial charge in [-0.3, -0.25) is 19.6 Å². The van der Waals surface area contributed by atoms with Crippen molar-refractivity contribution in [2.45, 2.75) is 0 Å². The number of carbonyl (C=O) groups is 2. The summed E-state index contributed by atoms with van der Waals surface area (Å²) in [4.78, 5) is 42.7. The molecule has 0 radical (unpaired) electrons. The van der Waals surface area contributed by atoms with Gasteiger partial charge in [-0.2, -0.15) is 10.2 Å². The van der Waals surface area contributed by atoms with Gasteiger partial charge in [-0.25, -0.2) is 20.8 Å². The van der Waals surface area contributed by atoms with Crippen LogP contribution in [0.25, 0.3) is 32.8 Å². The van der Waals surface area contributed by atoms with E-state index in [1.807, 2.05) is 60.7 Å². The Labute approximate surface area is 227 Å². The topological polar surface area (TPSA) is 134 Å². The maximum atomic E-state index is 12.7. The first kappa shape index (κ1) is 24.4. The summed E-state index contributed by atoms with van der Waals surface area (Å²) in [5, 5.41) is 10.7. The highest BCUT2D eigenvalue weighted by atomic mass is 16.2. The van der Waals surface area contributed by atoms with Crippen molar-refractivity contribution < 1.29 is 9.59 Å². The van der Waals surface area contributed by atoms with Crippen molar-refractivity contribution in [3.8, 4) is 0 Å². The Bertz CT molecular complexity index is 1820. The van der Waals surface area contributed by atoms with Crippen molar-refractivity contribution in [2.75, 3.05) is 0 Å². The number of hydrazone groups is 2. The lowest BCUT2D eigenvalue weighted by atomic mass is 10.1. The third-order valence-electron chi connectivity index (χ3n) is 6.12. The van der Waals surface area contributed by atoms with Gasteiger partial charge in [0.05, 0.1) is 23.5 Å². The number of hydrogen-bond donors (Lipinski definition) is 2. The van der Waals surface area contributed by atoms with Crippen molar-refractivity contribution in [1.29, 1.82) is 0 Å². The van der Waals surface area contributed by atoms with Crippen LogP contribution in [0.1, 0.15) is 32.1 Å². The molecule has 2 aromatic carbocycles. The summed E-state index contributed by atoms with van der Waals surface area (Å²) in [6, 6.07) is 25.5. The standard InChI is InChI=1S/C30H20N8O2/c39-29(37-33-17-20-13-15-31-24-7-3-1-5-22(20)24)26-11-9-19-10-12-27(36-28(19)35-26)30(40)38-34-18-21-14-16-32-25-8-4-2-6-23(21)25/h1-18H,(H,37,39)(H,38,40)/b33-17+,34-18+. The average molecular weight is 525 g/mol. The zero-order valence-corrected chi connectivity index (χ0v) is 20.9. The Morgan fingerprint density at radius 1 is 0.600 bits per heavy atom. The molecular weight excluding hydrogens is 504 g/mol. The fraction of sp³-hybridized carbons (Fsp3) is 0. The smallest absolute Gasteiger partial charge is 0.266 e. The lowest BCUT2D eigenvalue weighted by Gasteiger charge is -2.04. The second kappa shape index (κ2) is 10.8. The number of aromatic nitrogens is 4. The van der Waals surface area contributed by atoms with Crippen LogP contribution in [-0.2, 0) is 0 Å². The summed E-state index contributed by atoms with van der Waals surface area (Å²) in [7, 11) is 0. The third-order valence-corrected chi connectivity index (χ3v) is 6.12. The molecule has 0 aliphatic rings. The number of amides is 2. The Morgan fingerprint density at radius 2 is 1.07 bits per heavy atom.